The quantitative estimate of drug-likeness (QED) is 0.0199. The Morgan fingerprint density at radius 3 is 1.58 bits per heavy atom. The zero-order chi connectivity index (χ0) is 39.3. The van der Waals surface area contributed by atoms with Gasteiger partial charge in [0.25, 0.3) is 0 Å². The van der Waals surface area contributed by atoms with Crippen molar-refractivity contribution in [2.45, 2.75) is 185 Å². The minimum absolute atomic E-state index is 0.0714. The summed E-state index contributed by atoms with van der Waals surface area (Å²) in [6.45, 7) is 3.16. The average Bonchev–Trinajstić information content (AvgIpc) is 3.13. The molecule has 0 aliphatic heterocycles. The molecule has 1 aliphatic rings. The molecule has 0 spiro atoms. The van der Waals surface area contributed by atoms with Crippen LogP contribution >= 0.6 is 7.82 Å². The number of hydrogen-bond donors (Lipinski definition) is 6. The summed E-state index contributed by atoms with van der Waals surface area (Å²) in [5.41, 5.74) is 0. The van der Waals surface area contributed by atoms with Crippen molar-refractivity contribution in [2.24, 2.45) is 0 Å². The van der Waals surface area contributed by atoms with Gasteiger partial charge in [0.1, 0.15) is 43.2 Å². The lowest BCUT2D eigenvalue weighted by molar-refractivity contribution is -0.220. The SMILES string of the molecule is CCCCC/C=C/C/C=C/C/C=C/CCCCCCC(=O)O[C@H](COC(=O)CCCCCCCCC)COP(=O)(O)OC1C(O)C(O)C(O)[C@@H](O)C1O. The summed E-state index contributed by atoms with van der Waals surface area (Å²) < 4.78 is 33.2. The predicted molar refractivity (Wildman–Crippen MR) is 203 cm³/mol. The minimum atomic E-state index is -5.11. The largest absolute Gasteiger partial charge is 0.472 e. The molecule has 0 aromatic carbocycles. The fourth-order valence-corrected chi connectivity index (χ4v) is 6.68. The molecular weight excluding hydrogens is 707 g/mol. The van der Waals surface area contributed by atoms with Crippen molar-refractivity contribution in [3.63, 3.8) is 0 Å². The molecule has 0 heterocycles. The maximum Gasteiger partial charge on any atom is 0.472 e. The van der Waals surface area contributed by atoms with Gasteiger partial charge in [-0.25, -0.2) is 4.57 Å². The lowest BCUT2D eigenvalue weighted by atomic mass is 9.85. The summed E-state index contributed by atoms with van der Waals surface area (Å²) in [7, 11) is -5.11. The maximum absolute atomic E-state index is 12.7. The van der Waals surface area contributed by atoms with Crippen molar-refractivity contribution < 1.29 is 63.1 Å². The Balaban J connectivity index is 2.52. The van der Waals surface area contributed by atoms with Gasteiger partial charge in [0.05, 0.1) is 6.61 Å². The first kappa shape index (κ1) is 49.1. The molecule has 0 aromatic heterocycles. The zero-order valence-corrected chi connectivity index (χ0v) is 32.9. The van der Waals surface area contributed by atoms with Gasteiger partial charge < -0.3 is 39.9 Å². The second-order valence-electron chi connectivity index (χ2n) is 13.8. The summed E-state index contributed by atoms with van der Waals surface area (Å²) in [4.78, 5) is 35.3. The van der Waals surface area contributed by atoms with Crippen molar-refractivity contribution in [3.05, 3.63) is 36.5 Å². The number of unbranched alkanes of at least 4 members (excludes halogenated alkanes) is 13. The predicted octanol–water partition coefficient (Wildman–Crippen LogP) is 6.27. The smallest absolute Gasteiger partial charge is 0.462 e. The maximum atomic E-state index is 12.7. The van der Waals surface area contributed by atoms with E-state index in [-0.39, 0.29) is 12.8 Å². The first-order valence-electron chi connectivity index (χ1n) is 19.8. The highest BCUT2D eigenvalue weighted by Crippen LogP contribution is 2.47. The van der Waals surface area contributed by atoms with Gasteiger partial charge in [-0.3, -0.25) is 18.6 Å². The Morgan fingerprint density at radius 2 is 1.02 bits per heavy atom. The van der Waals surface area contributed by atoms with Crippen LogP contribution in [0.25, 0.3) is 0 Å². The van der Waals surface area contributed by atoms with E-state index in [4.69, 9.17) is 18.5 Å². The van der Waals surface area contributed by atoms with E-state index < -0.39 is 75.7 Å². The Hall–Kier alpha value is -1.93. The highest BCUT2D eigenvalue weighted by atomic mass is 31.2. The van der Waals surface area contributed by atoms with Crippen LogP contribution in [0.1, 0.15) is 142 Å². The highest BCUT2D eigenvalue weighted by Gasteiger charge is 2.51. The topological polar surface area (TPSA) is 210 Å². The van der Waals surface area contributed by atoms with E-state index in [1.807, 2.05) is 0 Å². The number of phosphoric acid groups is 1. The molecule has 8 atom stereocenters. The van der Waals surface area contributed by atoms with Crippen molar-refractivity contribution in [2.75, 3.05) is 13.2 Å². The van der Waals surface area contributed by atoms with Gasteiger partial charge in [0.2, 0.25) is 0 Å². The fraction of sp³-hybridized carbons (Fsp3) is 0.795. The third-order valence-corrected chi connectivity index (χ3v) is 9.97. The van der Waals surface area contributed by atoms with Crippen LogP contribution in [-0.4, -0.2) is 98.3 Å². The number of phosphoric ester groups is 1. The molecule has 1 fully saturated rings. The van der Waals surface area contributed by atoms with Crippen LogP contribution in [0.2, 0.25) is 0 Å². The number of allylic oxidation sites excluding steroid dienone is 6. The third kappa shape index (κ3) is 23.6. The van der Waals surface area contributed by atoms with Crippen LogP contribution in [-0.2, 0) is 32.7 Å². The second-order valence-corrected chi connectivity index (χ2v) is 15.2. The van der Waals surface area contributed by atoms with E-state index in [9.17, 15) is 44.6 Å². The van der Waals surface area contributed by atoms with Gasteiger partial charge in [-0.2, -0.15) is 0 Å². The van der Waals surface area contributed by atoms with E-state index >= 15 is 0 Å². The molecule has 0 radical (unpaired) electrons. The van der Waals surface area contributed by atoms with Gasteiger partial charge in [0.15, 0.2) is 6.10 Å². The number of esters is 2. The summed E-state index contributed by atoms with van der Waals surface area (Å²) in [5, 5.41) is 49.9. The van der Waals surface area contributed by atoms with Crippen molar-refractivity contribution >= 4 is 19.8 Å². The molecule has 0 bridgehead atoms. The van der Waals surface area contributed by atoms with E-state index in [2.05, 4.69) is 50.3 Å². The van der Waals surface area contributed by atoms with E-state index in [0.717, 1.165) is 77.0 Å². The van der Waals surface area contributed by atoms with Gasteiger partial charge in [-0.1, -0.05) is 115 Å². The number of rotatable bonds is 31. The Morgan fingerprint density at radius 1 is 0.585 bits per heavy atom. The summed E-state index contributed by atoms with van der Waals surface area (Å²) in [5.74, 6) is -1.13. The average molecular weight is 777 g/mol. The first-order chi connectivity index (χ1) is 25.4. The van der Waals surface area contributed by atoms with Crippen LogP contribution in [0.15, 0.2) is 36.5 Å². The molecule has 0 saturated heterocycles. The van der Waals surface area contributed by atoms with Crippen LogP contribution in [0.3, 0.4) is 0 Å². The van der Waals surface area contributed by atoms with Crippen molar-refractivity contribution in [3.8, 4) is 0 Å². The molecule has 53 heavy (non-hydrogen) atoms. The van der Waals surface area contributed by atoms with Gasteiger partial charge in [-0.05, 0) is 51.4 Å². The van der Waals surface area contributed by atoms with Crippen LogP contribution in [0.4, 0.5) is 0 Å². The number of aliphatic hydroxyl groups excluding tert-OH is 5. The fourth-order valence-electron chi connectivity index (χ4n) is 5.70. The molecule has 0 amide bonds. The molecular formula is C39H69O13P. The van der Waals surface area contributed by atoms with Gasteiger partial charge in [0, 0.05) is 12.8 Å². The van der Waals surface area contributed by atoms with Gasteiger partial charge in [-0.15, -0.1) is 0 Å². The number of carbonyl (C=O) groups is 2. The normalized spacial score (nSPS) is 23.8. The molecule has 1 rings (SSSR count). The molecule has 6 unspecified atom stereocenters. The zero-order valence-electron chi connectivity index (χ0n) is 32.1. The molecule has 1 saturated carbocycles. The molecule has 14 heteroatoms. The van der Waals surface area contributed by atoms with Crippen LogP contribution in [0, 0.1) is 0 Å². The molecule has 13 nitrogen and oxygen atoms in total. The van der Waals surface area contributed by atoms with Gasteiger partial charge >= 0.3 is 19.8 Å². The van der Waals surface area contributed by atoms with Crippen LogP contribution < -0.4 is 0 Å². The first-order valence-corrected chi connectivity index (χ1v) is 21.3. The Labute approximate surface area is 317 Å². The standard InChI is InChI=1S/C39H69O13P/c1-3-5-7-9-11-12-13-14-15-16-17-18-19-20-22-24-26-28-33(41)51-31(29-49-32(40)27-25-23-21-10-8-6-4-2)30-50-53(47,48)52-39-37(45)35(43)34(42)36(44)38(39)46/h11-12,14-15,17-18,31,34-39,42-46H,3-10,13,16,19-30H2,1-2H3,(H,47,48)/b12-11+,15-14+,18-17+/t31-,34?,35-,36?,37?,38?,39?/m1/s1. The van der Waals surface area contributed by atoms with E-state index in [1.165, 1.54) is 25.7 Å². The van der Waals surface area contributed by atoms with Crippen LogP contribution in [0.5, 0.6) is 0 Å². The third-order valence-electron chi connectivity index (χ3n) is 8.98. The number of aliphatic hydroxyl groups is 5. The minimum Gasteiger partial charge on any atom is -0.462 e. The lowest BCUT2D eigenvalue weighted by Gasteiger charge is -2.41. The Bertz CT molecular complexity index is 1080. The lowest BCUT2D eigenvalue weighted by Crippen LogP contribution is -2.64. The molecule has 0 aromatic rings. The monoisotopic (exact) mass is 776 g/mol. The summed E-state index contributed by atoms with van der Waals surface area (Å²) in [6, 6.07) is 0. The summed E-state index contributed by atoms with van der Waals surface area (Å²) in [6.07, 6.45) is 18.1. The van der Waals surface area contributed by atoms with Crippen molar-refractivity contribution in [1.29, 1.82) is 0 Å². The van der Waals surface area contributed by atoms with E-state index in [0.29, 0.717) is 12.8 Å². The summed E-state index contributed by atoms with van der Waals surface area (Å²) >= 11 is 0. The molecule has 1 aliphatic carbocycles. The van der Waals surface area contributed by atoms with Crippen molar-refractivity contribution in [1.82, 2.24) is 0 Å². The molecule has 308 valence electrons. The number of carbonyl (C=O) groups excluding carboxylic acids is 2. The molecule has 6 N–H and O–H groups in total. The van der Waals surface area contributed by atoms with E-state index in [1.54, 1.807) is 0 Å². The second kappa shape index (κ2) is 30.3. The number of ether oxygens (including phenoxy) is 2. The number of hydrogen-bond acceptors (Lipinski definition) is 12. The highest BCUT2D eigenvalue weighted by molar-refractivity contribution is 7.47. The Kier molecular flexibility index (Phi) is 28.1.